The van der Waals surface area contributed by atoms with Crippen molar-refractivity contribution in [3.05, 3.63) is 72.4 Å². The maximum Gasteiger partial charge on any atom is 0.0999 e. The molecule has 3 heteroatoms. The van der Waals surface area contributed by atoms with Crippen molar-refractivity contribution in [2.75, 3.05) is 11.6 Å². The van der Waals surface area contributed by atoms with E-state index < -0.39 is 0 Å². The molecular weight excluding hydrogens is 296 g/mol. The third-order valence-corrected chi connectivity index (χ3v) is 4.07. The van der Waals surface area contributed by atoms with Gasteiger partial charge in [-0.15, -0.1) is 0 Å². The van der Waals surface area contributed by atoms with E-state index in [1.165, 1.54) is 18.4 Å². The van der Waals surface area contributed by atoms with Gasteiger partial charge in [0.2, 0.25) is 0 Å². The molecule has 0 bridgehead atoms. The van der Waals surface area contributed by atoms with Crippen LogP contribution in [0.1, 0.15) is 31.7 Å². The first kappa shape index (κ1) is 16.5. The Morgan fingerprint density at radius 3 is 2.58 bits per heavy atom. The molecule has 124 valence electrons. The van der Waals surface area contributed by atoms with E-state index in [1.54, 1.807) is 0 Å². The van der Waals surface area contributed by atoms with Crippen LogP contribution >= 0.6 is 0 Å². The molecule has 1 heterocycles. The van der Waals surface area contributed by atoms with E-state index in [0.717, 1.165) is 29.6 Å². The fourth-order valence-electron chi connectivity index (χ4n) is 2.78. The highest BCUT2D eigenvalue weighted by atomic mass is 16.7. The van der Waals surface area contributed by atoms with E-state index in [-0.39, 0.29) is 0 Å². The van der Waals surface area contributed by atoms with Gasteiger partial charge in [-0.2, -0.15) is 0 Å². The molecule has 0 aliphatic carbocycles. The van der Waals surface area contributed by atoms with Crippen molar-refractivity contribution in [1.82, 2.24) is 4.98 Å². The van der Waals surface area contributed by atoms with Gasteiger partial charge in [0.25, 0.3) is 0 Å². The Kier molecular flexibility index (Phi) is 5.80. The summed E-state index contributed by atoms with van der Waals surface area (Å²) in [6, 6.07) is 20.6. The van der Waals surface area contributed by atoms with Crippen molar-refractivity contribution in [2.24, 2.45) is 0 Å². The van der Waals surface area contributed by atoms with E-state index in [4.69, 9.17) is 4.84 Å². The molecule has 24 heavy (non-hydrogen) atoms. The highest BCUT2D eigenvalue weighted by molar-refractivity contribution is 5.90. The lowest BCUT2D eigenvalue weighted by Crippen LogP contribution is -2.25. The lowest BCUT2D eigenvalue weighted by molar-refractivity contribution is 0.0940. The molecule has 2 aromatic carbocycles. The number of aromatic nitrogens is 1. The predicted molar refractivity (Wildman–Crippen MR) is 99.8 cm³/mol. The molecule has 0 radical (unpaired) electrons. The van der Waals surface area contributed by atoms with Crippen LogP contribution in [0.2, 0.25) is 0 Å². The van der Waals surface area contributed by atoms with Gasteiger partial charge in [0.15, 0.2) is 0 Å². The summed E-state index contributed by atoms with van der Waals surface area (Å²) in [5.74, 6) is 0. The molecule has 3 rings (SSSR count). The van der Waals surface area contributed by atoms with Gasteiger partial charge in [-0.05, 0) is 24.1 Å². The molecule has 0 aliphatic heterocycles. The van der Waals surface area contributed by atoms with E-state index in [2.05, 4.69) is 48.3 Å². The number of hydrogen-bond acceptors (Lipinski definition) is 3. The molecule has 0 fully saturated rings. The summed E-state index contributed by atoms with van der Waals surface area (Å²) in [5, 5.41) is 3.15. The average Bonchev–Trinajstić information content (AvgIpc) is 2.65. The molecule has 0 N–H and O–H groups in total. The van der Waals surface area contributed by atoms with Gasteiger partial charge >= 0.3 is 0 Å². The van der Waals surface area contributed by atoms with Crippen LogP contribution in [0.5, 0.6) is 0 Å². The zero-order valence-corrected chi connectivity index (χ0v) is 14.2. The van der Waals surface area contributed by atoms with E-state index in [0.29, 0.717) is 6.61 Å². The molecule has 3 nitrogen and oxygen atoms in total. The number of benzene rings is 2. The first-order valence-electron chi connectivity index (χ1n) is 8.66. The number of anilines is 1. The van der Waals surface area contributed by atoms with Gasteiger partial charge in [0, 0.05) is 18.1 Å². The molecule has 1 aromatic heterocycles. The molecule has 0 spiro atoms. The Morgan fingerprint density at radius 1 is 0.917 bits per heavy atom. The van der Waals surface area contributed by atoms with Gasteiger partial charge < -0.3 is 0 Å². The first-order chi connectivity index (χ1) is 11.9. The van der Waals surface area contributed by atoms with Gasteiger partial charge in [-0.3, -0.25) is 14.9 Å². The molecule has 0 atom stereocenters. The fraction of sp³-hybridized carbons (Fsp3) is 0.286. The topological polar surface area (TPSA) is 25.4 Å². The lowest BCUT2D eigenvalue weighted by Gasteiger charge is -2.25. The molecule has 0 saturated carbocycles. The second kappa shape index (κ2) is 8.46. The number of hydroxylamine groups is 1. The van der Waals surface area contributed by atoms with Crippen LogP contribution < -0.4 is 5.06 Å². The smallest absolute Gasteiger partial charge is 0.0999 e. The third kappa shape index (κ3) is 4.12. The monoisotopic (exact) mass is 320 g/mol. The minimum atomic E-state index is 0.566. The SMILES string of the molecule is CCCCCN(OCc1ccccc1)c1cccc2cccnc12. The maximum absolute atomic E-state index is 6.16. The quantitative estimate of drug-likeness (QED) is 0.412. The van der Waals surface area contributed by atoms with E-state index >= 15 is 0 Å². The number of pyridine rings is 1. The maximum atomic E-state index is 6.16. The summed E-state index contributed by atoms with van der Waals surface area (Å²) < 4.78 is 0. The van der Waals surface area contributed by atoms with Crippen LogP contribution in [0.3, 0.4) is 0 Å². The molecule has 0 saturated heterocycles. The summed E-state index contributed by atoms with van der Waals surface area (Å²) in [5.41, 5.74) is 3.20. The van der Waals surface area contributed by atoms with Gasteiger partial charge in [0.1, 0.15) is 0 Å². The number of para-hydroxylation sites is 1. The average molecular weight is 320 g/mol. The summed E-state index contributed by atoms with van der Waals surface area (Å²) in [6.07, 6.45) is 5.34. The fourth-order valence-corrected chi connectivity index (χ4v) is 2.78. The van der Waals surface area contributed by atoms with Crippen LogP contribution in [-0.2, 0) is 11.4 Å². The largest absolute Gasteiger partial charge is 0.269 e. The van der Waals surface area contributed by atoms with Crippen LogP contribution in [0.25, 0.3) is 10.9 Å². The first-order valence-corrected chi connectivity index (χ1v) is 8.66. The normalized spacial score (nSPS) is 10.9. The summed E-state index contributed by atoms with van der Waals surface area (Å²) in [7, 11) is 0. The van der Waals surface area contributed by atoms with Crippen LogP contribution in [0.15, 0.2) is 66.9 Å². The van der Waals surface area contributed by atoms with Crippen molar-refractivity contribution in [3.8, 4) is 0 Å². The van der Waals surface area contributed by atoms with E-state index in [1.807, 2.05) is 35.5 Å². The number of rotatable bonds is 8. The van der Waals surface area contributed by atoms with Crippen LogP contribution in [0, 0.1) is 0 Å². The zero-order valence-electron chi connectivity index (χ0n) is 14.2. The Morgan fingerprint density at radius 2 is 1.75 bits per heavy atom. The standard InChI is InChI=1S/C21H24N2O/c1-2-3-7-16-23(24-17-18-10-5-4-6-11-18)20-14-8-12-19-13-9-15-22-21(19)20/h4-6,8-15H,2-3,7,16-17H2,1H3. The number of unbranched alkanes of at least 4 members (excludes halogenated alkanes) is 2. The van der Waals surface area contributed by atoms with Crippen molar-refractivity contribution in [1.29, 1.82) is 0 Å². The second-order valence-electron chi connectivity index (χ2n) is 5.92. The zero-order chi connectivity index (χ0) is 16.6. The summed E-state index contributed by atoms with van der Waals surface area (Å²) in [6.45, 7) is 3.65. The van der Waals surface area contributed by atoms with Crippen molar-refractivity contribution < 1.29 is 4.84 Å². The molecule has 0 aliphatic rings. The minimum Gasteiger partial charge on any atom is -0.269 e. The Bertz CT molecular complexity index is 753. The van der Waals surface area contributed by atoms with Crippen molar-refractivity contribution in [3.63, 3.8) is 0 Å². The van der Waals surface area contributed by atoms with Gasteiger partial charge in [0.05, 0.1) is 17.8 Å². The van der Waals surface area contributed by atoms with Gasteiger partial charge in [-0.1, -0.05) is 68.3 Å². The number of hydrogen-bond donors (Lipinski definition) is 0. The van der Waals surface area contributed by atoms with Crippen molar-refractivity contribution in [2.45, 2.75) is 32.8 Å². The Hall–Kier alpha value is -2.39. The van der Waals surface area contributed by atoms with E-state index in [9.17, 15) is 0 Å². The minimum absolute atomic E-state index is 0.566. The Labute approximate surface area is 143 Å². The molecule has 0 amide bonds. The number of fused-ring (bicyclic) bond motifs is 1. The molecule has 3 aromatic rings. The highest BCUT2D eigenvalue weighted by Crippen LogP contribution is 2.26. The summed E-state index contributed by atoms with van der Waals surface area (Å²) >= 11 is 0. The van der Waals surface area contributed by atoms with Crippen LogP contribution in [0.4, 0.5) is 5.69 Å². The number of nitrogens with zero attached hydrogens (tertiary/aromatic N) is 2. The molecular formula is C21H24N2O. The van der Waals surface area contributed by atoms with Gasteiger partial charge in [-0.25, -0.2) is 0 Å². The highest BCUT2D eigenvalue weighted by Gasteiger charge is 2.12. The lowest BCUT2D eigenvalue weighted by atomic mass is 10.2. The van der Waals surface area contributed by atoms with Crippen molar-refractivity contribution >= 4 is 16.6 Å². The second-order valence-corrected chi connectivity index (χ2v) is 5.92. The Balaban J connectivity index is 1.82. The third-order valence-electron chi connectivity index (χ3n) is 4.07. The van der Waals surface area contributed by atoms with Crippen LogP contribution in [-0.4, -0.2) is 11.5 Å². The predicted octanol–water partition coefficient (Wildman–Crippen LogP) is 5.36. The molecule has 0 unspecified atom stereocenters. The summed E-state index contributed by atoms with van der Waals surface area (Å²) in [4.78, 5) is 10.7.